The number of methoxy groups -OCH3 is 1. The zero-order valence-corrected chi connectivity index (χ0v) is 33.4. The van der Waals surface area contributed by atoms with Gasteiger partial charge in [0.05, 0.1) is 37.3 Å². The predicted molar refractivity (Wildman–Crippen MR) is 223 cm³/mol. The van der Waals surface area contributed by atoms with Crippen molar-refractivity contribution in [3.63, 3.8) is 0 Å². The van der Waals surface area contributed by atoms with E-state index in [0.717, 1.165) is 65.1 Å². The molecule has 0 unspecified atom stereocenters. The number of carbonyl (C=O) groups is 4. The summed E-state index contributed by atoms with van der Waals surface area (Å²) in [5.74, 6) is 1.14. The molecule has 1 fully saturated rings. The number of likely N-dealkylation sites (N-methyl/N-ethyl adjacent to an activating group) is 1. The standard InChI is InChI=1S/C41H49N7O4S.CH2O2/c1-7-17-47(37(49)23-43-41(51)52-6)24-25(4)44-32(9-3)29-11-14-31-30-13-10-28(20-35(30)53-36(31)21-29)27-12-15-33-34(19-27)46-40(45-33)39-26(8-2)16-18-48(39)38(50)22-42-5;2-1-3/h9-15,19-21,26,39,42,44H,4,7-8,16-18,22-24H2,1-3,5-6H3,(H,43,51)(H,45,46);1H,(H,2,3)/b32-9-;/t26-,39+;/m1./s1. The summed E-state index contributed by atoms with van der Waals surface area (Å²) in [5, 5.41) is 18.2. The van der Waals surface area contributed by atoms with Crippen LogP contribution in [0.4, 0.5) is 4.79 Å². The van der Waals surface area contributed by atoms with Crippen LogP contribution in [-0.4, -0.2) is 96.1 Å². The molecule has 0 radical (unpaired) electrons. The molecule has 3 amide bonds. The Labute approximate surface area is 330 Å². The Kier molecular flexibility index (Phi) is 14.2. The second-order valence-electron chi connectivity index (χ2n) is 13.6. The molecule has 1 aliphatic rings. The molecule has 3 heterocycles. The van der Waals surface area contributed by atoms with Crippen molar-refractivity contribution >= 4 is 72.6 Å². The highest BCUT2D eigenvalue weighted by atomic mass is 32.1. The summed E-state index contributed by atoms with van der Waals surface area (Å²) in [6.07, 6.45) is 4.12. The zero-order chi connectivity index (χ0) is 40.4. The van der Waals surface area contributed by atoms with Gasteiger partial charge in [-0.05, 0) is 73.7 Å². The van der Waals surface area contributed by atoms with Crippen LogP contribution in [0.5, 0.6) is 0 Å². The van der Waals surface area contributed by atoms with Crippen LogP contribution in [0.1, 0.15) is 57.5 Å². The van der Waals surface area contributed by atoms with Crippen molar-refractivity contribution < 1.29 is 29.0 Å². The molecular formula is C42H51N7O6S. The number of ether oxygens (including phenoxy) is 1. The third-order valence-electron chi connectivity index (χ3n) is 9.99. The Morgan fingerprint density at radius 2 is 1.77 bits per heavy atom. The van der Waals surface area contributed by atoms with Gasteiger partial charge in [-0.25, -0.2) is 9.78 Å². The molecular weight excluding hydrogens is 731 g/mol. The van der Waals surface area contributed by atoms with E-state index >= 15 is 0 Å². The van der Waals surface area contributed by atoms with Crippen molar-refractivity contribution in [1.82, 2.24) is 35.7 Å². The van der Waals surface area contributed by atoms with Crippen molar-refractivity contribution in [3.8, 4) is 11.1 Å². The lowest BCUT2D eigenvalue weighted by Gasteiger charge is -2.26. The number of amides is 3. The number of rotatable bonds is 14. The molecule has 5 N–H and O–H groups in total. The van der Waals surface area contributed by atoms with Crippen molar-refractivity contribution in [1.29, 1.82) is 0 Å². The number of nitrogens with one attached hydrogen (secondary N) is 4. The average molecular weight is 782 g/mol. The molecule has 56 heavy (non-hydrogen) atoms. The van der Waals surface area contributed by atoms with E-state index in [-0.39, 0.29) is 30.9 Å². The molecule has 0 bridgehead atoms. The Balaban J connectivity index is 0.00000194. The van der Waals surface area contributed by atoms with E-state index in [4.69, 9.17) is 14.9 Å². The van der Waals surface area contributed by atoms with Crippen molar-refractivity contribution in [2.75, 3.05) is 46.9 Å². The number of aromatic amines is 1. The molecule has 0 saturated carbocycles. The molecule has 2 aromatic heterocycles. The van der Waals surface area contributed by atoms with Crippen LogP contribution < -0.4 is 16.0 Å². The summed E-state index contributed by atoms with van der Waals surface area (Å²) in [6, 6.07) is 19.4. The quantitative estimate of drug-likeness (QED) is 0.0755. The fourth-order valence-electron chi connectivity index (χ4n) is 7.33. The lowest BCUT2D eigenvalue weighted by Crippen LogP contribution is -2.42. The van der Waals surface area contributed by atoms with E-state index in [1.54, 1.807) is 23.3 Å². The molecule has 13 nitrogen and oxygen atoms in total. The van der Waals surface area contributed by atoms with Crippen LogP contribution in [0.15, 0.2) is 72.9 Å². The number of H-pyrrole nitrogens is 1. The first-order valence-electron chi connectivity index (χ1n) is 18.8. The van der Waals surface area contributed by atoms with Gasteiger partial charge in [-0.1, -0.05) is 63.3 Å². The van der Waals surface area contributed by atoms with E-state index in [1.165, 1.54) is 27.3 Å². The molecule has 2 atom stereocenters. The average Bonchev–Trinajstić information content (AvgIpc) is 3.93. The number of nitrogens with zero attached hydrogens (tertiary/aromatic N) is 3. The van der Waals surface area contributed by atoms with Crippen molar-refractivity contribution in [2.45, 2.75) is 46.1 Å². The summed E-state index contributed by atoms with van der Waals surface area (Å²) in [4.78, 5) is 57.8. The number of thiophene rings is 1. The summed E-state index contributed by atoms with van der Waals surface area (Å²) < 4.78 is 6.96. The largest absolute Gasteiger partial charge is 0.483 e. The van der Waals surface area contributed by atoms with Gasteiger partial charge in [0, 0.05) is 44.7 Å². The monoisotopic (exact) mass is 781 g/mol. The smallest absolute Gasteiger partial charge is 0.407 e. The molecule has 1 saturated heterocycles. The normalized spacial score (nSPS) is 15.4. The van der Waals surface area contributed by atoms with Crippen LogP contribution in [0.3, 0.4) is 0 Å². The van der Waals surface area contributed by atoms with Gasteiger partial charge in [-0.3, -0.25) is 14.4 Å². The minimum Gasteiger partial charge on any atom is -0.483 e. The summed E-state index contributed by atoms with van der Waals surface area (Å²) >= 11 is 1.76. The number of fused-ring (bicyclic) bond motifs is 4. The second-order valence-corrected chi connectivity index (χ2v) is 14.7. The van der Waals surface area contributed by atoms with E-state index in [9.17, 15) is 14.4 Å². The van der Waals surface area contributed by atoms with Crippen LogP contribution in [0, 0.1) is 5.92 Å². The summed E-state index contributed by atoms with van der Waals surface area (Å²) in [5.41, 5.74) is 6.69. The second kappa shape index (κ2) is 19.2. The van der Waals surface area contributed by atoms with Gasteiger partial charge in [0.2, 0.25) is 11.8 Å². The van der Waals surface area contributed by atoms with Crippen LogP contribution in [0.2, 0.25) is 0 Å². The lowest BCUT2D eigenvalue weighted by atomic mass is 9.97. The fraction of sp³-hybridized carbons (Fsp3) is 0.357. The minimum absolute atomic E-state index is 0.0466. The van der Waals surface area contributed by atoms with Gasteiger partial charge < -0.3 is 40.6 Å². The highest BCUT2D eigenvalue weighted by molar-refractivity contribution is 7.25. The van der Waals surface area contributed by atoms with Gasteiger partial charge in [0.1, 0.15) is 12.4 Å². The molecule has 1 aliphatic heterocycles. The maximum Gasteiger partial charge on any atom is 0.407 e. The van der Waals surface area contributed by atoms with Crippen LogP contribution >= 0.6 is 11.3 Å². The van der Waals surface area contributed by atoms with Gasteiger partial charge in [-0.2, -0.15) is 0 Å². The number of hydrogen-bond donors (Lipinski definition) is 5. The topological polar surface area (TPSA) is 169 Å². The van der Waals surface area contributed by atoms with E-state index in [1.807, 2.05) is 24.8 Å². The molecule has 5 aromatic rings. The number of hydrogen-bond acceptors (Lipinski definition) is 9. The first-order valence-corrected chi connectivity index (χ1v) is 19.6. The van der Waals surface area contributed by atoms with Gasteiger partial charge >= 0.3 is 6.09 Å². The zero-order valence-electron chi connectivity index (χ0n) is 32.6. The molecule has 6 rings (SSSR count). The van der Waals surface area contributed by atoms with E-state index < -0.39 is 6.09 Å². The lowest BCUT2D eigenvalue weighted by molar-refractivity contribution is -0.131. The number of aromatic nitrogens is 2. The number of allylic oxidation sites excluding steroid dienone is 1. The fourth-order valence-corrected chi connectivity index (χ4v) is 8.51. The highest BCUT2D eigenvalue weighted by Gasteiger charge is 2.38. The molecule has 296 valence electrons. The summed E-state index contributed by atoms with van der Waals surface area (Å²) in [6.45, 7) is 11.9. The molecule has 14 heteroatoms. The Hall–Kier alpha value is -5.73. The third kappa shape index (κ3) is 9.37. The van der Waals surface area contributed by atoms with Gasteiger partial charge in [0.25, 0.3) is 6.47 Å². The number of carboxylic acid groups (broad SMARTS) is 1. The van der Waals surface area contributed by atoms with E-state index in [2.05, 4.69) is 93.8 Å². The first kappa shape index (κ1) is 41.4. The third-order valence-corrected chi connectivity index (χ3v) is 11.1. The van der Waals surface area contributed by atoms with Crippen LogP contribution in [0.25, 0.3) is 48.0 Å². The number of carbonyl (C=O) groups excluding carboxylic acids is 3. The Morgan fingerprint density at radius 3 is 2.45 bits per heavy atom. The molecule has 3 aromatic carbocycles. The summed E-state index contributed by atoms with van der Waals surface area (Å²) in [7, 11) is 3.07. The van der Waals surface area contributed by atoms with Gasteiger partial charge in [0.15, 0.2) is 0 Å². The first-order chi connectivity index (χ1) is 27.1. The SMILES string of the molecule is C=C(CN(CCC)C(=O)CNC(=O)OC)N/C(=C\C)c1ccc2c(c1)sc1cc(-c3ccc4nc([C@@H]5[C@H](CC)CCN5C(=O)CNC)[nH]c4c3)ccc12.O=CO. The Bertz CT molecular complexity index is 2240. The highest BCUT2D eigenvalue weighted by Crippen LogP contribution is 2.40. The molecule has 0 spiro atoms. The van der Waals surface area contributed by atoms with Crippen molar-refractivity contribution in [2.24, 2.45) is 5.92 Å². The maximum atomic E-state index is 12.9. The molecule has 0 aliphatic carbocycles. The number of likely N-dealkylation sites (tertiary alicyclic amines) is 1. The van der Waals surface area contributed by atoms with Gasteiger partial charge in [-0.15, -0.1) is 11.3 Å². The number of benzene rings is 3. The Morgan fingerprint density at radius 1 is 1.07 bits per heavy atom. The minimum atomic E-state index is -0.641. The maximum absolute atomic E-state index is 12.9. The van der Waals surface area contributed by atoms with E-state index in [0.29, 0.717) is 31.2 Å². The number of imidazole rings is 1. The number of alkyl carbamates (subject to hydrolysis) is 1. The van der Waals surface area contributed by atoms with Crippen molar-refractivity contribution in [3.05, 3.63) is 84.3 Å². The van der Waals surface area contributed by atoms with Crippen LogP contribution in [-0.2, 0) is 19.1 Å². The predicted octanol–water partition coefficient (Wildman–Crippen LogP) is 6.88.